The third kappa shape index (κ3) is 29.8. The Balaban J connectivity index is 2.04. The van der Waals surface area contributed by atoms with E-state index in [0.29, 0.717) is 6.42 Å². The number of hydrogen-bond acceptors (Lipinski definition) is 12. The Morgan fingerprint density at radius 3 is 1.72 bits per heavy atom. The monoisotopic (exact) mass is 869 g/mol. The number of aliphatic carboxylic acids is 2. The van der Waals surface area contributed by atoms with Crippen LogP contribution in [-0.2, 0) is 50.0 Å². The second-order valence-electron chi connectivity index (χ2n) is 15.6. The van der Waals surface area contributed by atoms with Crippen LogP contribution in [0.2, 0.25) is 0 Å². The maximum Gasteiger partial charge on any atom is 0.326 e. The Kier molecular flexibility index (Phi) is 29.9. The number of tetrazole rings is 1. The number of hydrogen-bond donors (Lipinski definition) is 6. The molecule has 342 valence electrons. The predicted molar refractivity (Wildman–Crippen MR) is 224 cm³/mol. The molecule has 0 aliphatic heterocycles. The van der Waals surface area contributed by atoms with Gasteiger partial charge < -0.3 is 20.8 Å². The van der Waals surface area contributed by atoms with Crippen molar-refractivity contribution in [2.24, 2.45) is 5.92 Å². The highest BCUT2D eigenvalue weighted by Crippen LogP contribution is 2.16. The Morgan fingerprint density at radius 1 is 0.617 bits per heavy atom. The maximum atomic E-state index is 12.4. The number of nitrogens with zero attached hydrogens (tertiary/aromatic N) is 3. The third-order valence-corrected chi connectivity index (χ3v) is 11.6. The number of amides is 3. The van der Waals surface area contributed by atoms with Crippen molar-refractivity contribution in [3.63, 3.8) is 0 Å². The highest BCUT2D eigenvalue weighted by atomic mass is 32.2. The lowest BCUT2D eigenvalue weighted by molar-refractivity contribution is -0.145. The molecule has 3 amide bonds. The van der Waals surface area contributed by atoms with Crippen LogP contribution in [0.5, 0.6) is 0 Å². The number of nitrogens with one attached hydrogen (secondary N) is 4. The molecule has 0 radical (unpaired) electrons. The van der Waals surface area contributed by atoms with Gasteiger partial charge >= 0.3 is 11.9 Å². The van der Waals surface area contributed by atoms with Crippen molar-refractivity contribution in [3.8, 4) is 0 Å². The van der Waals surface area contributed by atoms with Gasteiger partial charge in [-0.1, -0.05) is 102 Å². The van der Waals surface area contributed by atoms with Crippen LogP contribution < -0.4 is 15.4 Å². The summed E-state index contributed by atoms with van der Waals surface area (Å²) in [7, 11) is -3.88. The summed E-state index contributed by atoms with van der Waals surface area (Å²) in [5.41, 5.74) is 0. The van der Waals surface area contributed by atoms with Gasteiger partial charge in [0.25, 0.3) is 0 Å². The minimum absolute atomic E-state index is 0.00351. The number of carboxylic acid groups (broad SMARTS) is 2. The molecule has 0 saturated heterocycles. The Bertz CT molecular complexity index is 1520. The first kappa shape index (κ1) is 53.7. The highest BCUT2D eigenvalue weighted by molar-refractivity contribution is 7.90. The van der Waals surface area contributed by atoms with E-state index in [1.165, 1.54) is 70.6 Å². The van der Waals surface area contributed by atoms with E-state index >= 15 is 0 Å². The molecule has 0 unspecified atom stereocenters. The van der Waals surface area contributed by atoms with Gasteiger partial charge in [-0.2, -0.15) is 5.21 Å². The van der Waals surface area contributed by atoms with Gasteiger partial charge in [-0.3, -0.25) is 33.5 Å². The normalized spacial score (nSPS) is 12.3. The van der Waals surface area contributed by atoms with Gasteiger partial charge in [0.1, 0.15) is 17.6 Å². The van der Waals surface area contributed by atoms with Crippen molar-refractivity contribution >= 4 is 51.2 Å². The molecule has 1 aromatic heterocycles. The Hall–Kier alpha value is -4.29. The van der Waals surface area contributed by atoms with E-state index in [2.05, 4.69) is 36.0 Å². The first-order valence-corrected chi connectivity index (χ1v) is 23.7. The number of carboxylic acids is 2. The molecule has 0 aliphatic rings. The first-order valence-electron chi connectivity index (χ1n) is 22.0. The van der Waals surface area contributed by atoms with Gasteiger partial charge in [0.2, 0.25) is 27.7 Å². The van der Waals surface area contributed by atoms with E-state index in [1.807, 2.05) is 0 Å². The third-order valence-electron chi connectivity index (χ3n) is 10.3. The fraction of sp³-hybridized carbons (Fsp3) is 0.805. The molecule has 18 nitrogen and oxygen atoms in total. The molecule has 2 atom stereocenters. The van der Waals surface area contributed by atoms with Crippen LogP contribution >= 0.6 is 0 Å². The summed E-state index contributed by atoms with van der Waals surface area (Å²) in [6.45, 7) is 1.75. The second-order valence-corrected chi connectivity index (χ2v) is 17.4. The number of Topliss-reactive ketones (excluding diaryl/α,β-unsaturated/α-hetero) is 2. The molecule has 0 aromatic carbocycles. The van der Waals surface area contributed by atoms with E-state index in [0.717, 1.165) is 37.9 Å². The quantitative estimate of drug-likeness (QED) is 0.0459. The number of ketones is 2. The number of unbranched alkanes of at least 4 members (excludes halogenated alkanes) is 15. The fourth-order valence-electron chi connectivity index (χ4n) is 6.63. The number of carbonyl (C=O) groups is 7. The Morgan fingerprint density at radius 2 is 1.18 bits per heavy atom. The zero-order chi connectivity index (χ0) is 44.4. The Labute approximate surface area is 355 Å². The molecule has 0 fully saturated rings. The average molecular weight is 870 g/mol. The zero-order valence-electron chi connectivity index (χ0n) is 35.7. The molecule has 6 N–H and O–H groups in total. The van der Waals surface area contributed by atoms with Gasteiger partial charge in [0.15, 0.2) is 5.82 Å². The molecule has 0 bridgehead atoms. The molecule has 0 spiro atoms. The summed E-state index contributed by atoms with van der Waals surface area (Å²) in [6, 6.07) is -1.28. The van der Waals surface area contributed by atoms with E-state index in [4.69, 9.17) is 0 Å². The number of aromatic nitrogens is 4. The minimum atomic E-state index is -3.88. The summed E-state index contributed by atoms with van der Waals surface area (Å²) in [6.07, 6.45) is 18.9. The highest BCUT2D eigenvalue weighted by Gasteiger charge is 2.25. The standard InChI is InChI=1S/C41H71N7O11S/c1-2-33(49)26-27-35(41(56)57)43-38(52)28-25-32(40(54)55)31-34(50)21-19-29-42-37(51)24-20-30-60(58,59)46-39(53)23-18-16-14-12-10-8-6-4-3-5-7-9-11-13-15-17-22-36-44-47-48-45-36/h32,35H,2-31H2,1H3,(H,42,51)(H,43,52)(H,46,53)(H,54,55)(H,56,57)(H,44,45,47,48)/t32-,35+/m1/s1. The largest absolute Gasteiger partial charge is 0.481 e. The summed E-state index contributed by atoms with van der Waals surface area (Å²) in [5, 5.41) is 37.7. The maximum absolute atomic E-state index is 12.4. The number of rotatable bonds is 40. The topological polar surface area (TPSA) is 285 Å². The minimum Gasteiger partial charge on any atom is -0.481 e. The lowest BCUT2D eigenvalue weighted by Gasteiger charge is -2.15. The number of aromatic amines is 1. The molecule has 1 heterocycles. The smallest absolute Gasteiger partial charge is 0.326 e. The van der Waals surface area contributed by atoms with Gasteiger partial charge in [-0.15, -0.1) is 10.2 Å². The summed E-state index contributed by atoms with van der Waals surface area (Å²) < 4.78 is 26.7. The van der Waals surface area contributed by atoms with Gasteiger partial charge in [-0.05, 0) is 38.5 Å². The van der Waals surface area contributed by atoms with Crippen LogP contribution in [-0.4, -0.2) is 98.8 Å². The van der Waals surface area contributed by atoms with Crippen LogP contribution in [0, 0.1) is 5.92 Å². The van der Waals surface area contributed by atoms with Crippen LogP contribution in [0.15, 0.2) is 0 Å². The van der Waals surface area contributed by atoms with Crippen molar-refractivity contribution in [1.29, 1.82) is 0 Å². The van der Waals surface area contributed by atoms with Crippen molar-refractivity contribution in [2.45, 2.75) is 193 Å². The molecule has 60 heavy (non-hydrogen) atoms. The lowest BCUT2D eigenvalue weighted by Crippen LogP contribution is -2.41. The molecule has 19 heteroatoms. The van der Waals surface area contributed by atoms with Crippen LogP contribution in [0.4, 0.5) is 0 Å². The average Bonchev–Trinajstić information content (AvgIpc) is 3.72. The summed E-state index contributed by atoms with van der Waals surface area (Å²) in [4.78, 5) is 83.6. The van der Waals surface area contributed by atoms with Crippen LogP contribution in [0.3, 0.4) is 0 Å². The summed E-state index contributed by atoms with van der Waals surface area (Å²) in [5.74, 6) is -5.56. The zero-order valence-corrected chi connectivity index (χ0v) is 36.5. The van der Waals surface area contributed by atoms with E-state index in [1.54, 1.807) is 6.92 Å². The number of carbonyl (C=O) groups excluding carboxylic acids is 5. The molecule has 1 aromatic rings. The van der Waals surface area contributed by atoms with Crippen molar-refractivity contribution < 1.29 is 52.2 Å². The van der Waals surface area contributed by atoms with E-state index in [-0.39, 0.29) is 94.5 Å². The first-order chi connectivity index (χ1) is 28.7. The molecule has 0 aliphatic carbocycles. The van der Waals surface area contributed by atoms with Crippen molar-refractivity contribution in [1.82, 2.24) is 36.0 Å². The van der Waals surface area contributed by atoms with Crippen LogP contribution in [0.25, 0.3) is 0 Å². The van der Waals surface area contributed by atoms with Gasteiger partial charge in [0, 0.05) is 57.9 Å². The second kappa shape index (κ2) is 33.4. The number of sulfonamides is 1. The van der Waals surface area contributed by atoms with Crippen LogP contribution in [0.1, 0.15) is 186 Å². The predicted octanol–water partition coefficient (Wildman–Crippen LogP) is 5.27. The van der Waals surface area contributed by atoms with Gasteiger partial charge in [-0.25, -0.2) is 13.2 Å². The van der Waals surface area contributed by atoms with E-state index < -0.39 is 51.6 Å². The summed E-state index contributed by atoms with van der Waals surface area (Å²) >= 11 is 0. The SMILES string of the molecule is CCC(=O)CC[C@H](NC(=O)CC[C@H](CC(=O)CCCNC(=O)CCCS(=O)(=O)NC(=O)CCCCCCCCCCCCCCCCCCc1nn[nH]n1)C(=O)O)C(=O)O. The number of aryl methyl sites for hydroxylation is 1. The number of H-pyrrole nitrogens is 1. The molecular weight excluding hydrogens is 799 g/mol. The molecular formula is C41H71N7O11S. The lowest BCUT2D eigenvalue weighted by atomic mass is 9.95. The van der Waals surface area contributed by atoms with Crippen molar-refractivity contribution in [3.05, 3.63) is 5.82 Å². The molecule has 1 rings (SSSR count). The van der Waals surface area contributed by atoms with Crippen molar-refractivity contribution in [2.75, 3.05) is 12.3 Å². The fourth-order valence-corrected chi connectivity index (χ4v) is 7.71. The van der Waals surface area contributed by atoms with Gasteiger partial charge in [0.05, 0.1) is 11.7 Å². The molecule has 0 saturated carbocycles. The van der Waals surface area contributed by atoms with E-state index in [9.17, 15) is 52.2 Å².